The van der Waals surface area contributed by atoms with Gasteiger partial charge < -0.3 is 9.47 Å². The number of aryl methyl sites for hydroxylation is 2. The number of amides is 2. The monoisotopic (exact) mass is 396 g/mol. The maximum Gasteiger partial charge on any atom is 0.276 e. The summed E-state index contributed by atoms with van der Waals surface area (Å²) in [4.78, 5) is 23.5. The highest BCUT2D eigenvalue weighted by Gasteiger charge is 2.09. The summed E-state index contributed by atoms with van der Waals surface area (Å²) in [7, 11) is 0. The van der Waals surface area contributed by atoms with Gasteiger partial charge in [0.2, 0.25) is 0 Å². The van der Waals surface area contributed by atoms with E-state index in [0.29, 0.717) is 15.8 Å². The lowest BCUT2D eigenvalue weighted by atomic mass is 10.1. The number of ether oxygens (including phenoxy) is 2. The smallest absolute Gasteiger partial charge is 0.276 e. The van der Waals surface area contributed by atoms with Crippen LogP contribution in [0.2, 0.25) is 10.0 Å². The number of carbonyl (C=O) groups excluding carboxylic acids is 2. The molecule has 0 saturated heterocycles. The lowest BCUT2D eigenvalue weighted by Crippen LogP contribution is -2.45. The Hall–Kier alpha value is -2.44. The molecule has 0 atom stereocenters. The molecule has 0 heterocycles. The molecule has 0 fully saturated rings. The summed E-state index contributed by atoms with van der Waals surface area (Å²) in [6.07, 6.45) is 0. The van der Waals surface area contributed by atoms with Crippen molar-refractivity contribution in [1.82, 2.24) is 10.9 Å². The maximum absolute atomic E-state index is 11.8. The van der Waals surface area contributed by atoms with Crippen molar-refractivity contribution in [2.24, 2.45) is 0 Å². The van der Waals surface area contributed by atoms with E-state index in [9.17, 15) is 9.59 Å². The minimum absolute atomic E-state index is 0.231. The first-order valence-corrected chi connectivity index (χ1v) is 8.46. The molecule has 6 nitrogen and oxygen atoms in total. The summed E-state index contributed by atoms with van der Waals surface area (Å²) < 4.78 is 10.7. The number of halogens is 2. The van der Waals surface area contributed by atoms with Crippen molar-refractivity contribution < 1.29 is 19.1 Å². The van der Waals surface area contributed by atoms with Crippen LogP contribution < -0.4 is 20.3 Å². The molecule has 8 heteroatoms. The molecule has 2 rings (SSSR count). The van der Waals surface area contributed by atoms with Crippen molar-refractivity contribution in [2.45, 2.75) is 13.8 Å². The molecule has 0 unspecified atom stereocenters. The topological polar surface area (TPSA) is 76.7 Å². The zero-order valence-electron chi connectivity index (χ0n) is 14.3. The second-order valence-corrected chi connectivity index (χ2v) is 6.36. The fourth-order valence-corrected chi connectivity index (χ4v) is 2.28. The van der Waals surface area contributed by atoms with Crippen LogP contribution in [0.4, 0.5) is 0 Å². The van der Waals surface area contributed by atoms with Crippen molar-refractivity contribution in [3.63, 3.8) is 0 Å². The number of hydrogen-bond acceptors (Lipinski definition) is 4. The van der Waals surface area contributed by atoms with E-state index in [0.717, 1.165) is 11.1 Å². The third-order valence-electron chi connectivity index (χ3n) is 3.30. The zero-order valence-corrected chi connectivity index (χ0v) is 15.8. The summed E-state index contributed by atoms with van der Waals surface area (Å²) in [5.74, 6) is -0.162. The van der Waals surface area contributed by atoms with Crippen LogP contribution >= 0.6 is 23.2 Å². The molecule has 0 aromatic heterocycles. The first-order valence-electron chi connectivity index (χ1n) is 7.70. The van der Waals surface area contributed by atoms with Gasteiger partial charge in [-0.25, -0.2) is 0 Å². The Balaban J connectivity index is 1.74. The SMILES string of the molecule is Cc1ccc(C)c(OCC(=O)NNC(=O)COc2cc(Cl)ccc2Cl)c1. The molecule has 2 aromatic rings. The predicted octanol–water partition coefficient (Wildman–Crippen LogP) is 3.22. The van der Waals surface area contributed by atoms with E-state index in [1.807, 2.05) is 32.0 Å². The van der Waals surface area contributed by atoms with E-state index in [1.165, 1.54) is 6.07 Å². The largest absolute Gasteiger partial charge is 0.483 e. The van der Waals surface area contributed by atoms with E-state index >= 15 is 0 Å². The number of nitrogens with one attached hydrogen (secondary N) is 2. The van der Waals surface area contributed by atoms with Crippen LogP contribution in [0.15, 0.2) is 36.4 Å². The fourth-order valence-electron chi connectivity index (χ4n) is 1.95. The van der Waals surface area contributed by atoms with Crippen molar-refractivity contribution in [1.29, 1.82) is 0 Å². The van der Waals surface area contributed by atoms with Gasteiger partial charge in [-0.1, -0.05) is 35.3 Å². The third kappa shape index (κ3) is 6.13. The molecule has 2 N–H and O–H groups in total. The first kappa shape index (κ1) is 19.9. The highest BCUT2D eigenvalue weighted by Crippen LogP contribution is 2.27. The lowest BCUT2D eigenvalue weighted by Gasteiger charge is -2.12. The normalized spacial score (nSPS) is 10.2. The van der Waals surface area contributed by atoms with Gasteiger partial charge in [0.25, 0.3) is 11.8 Å². The van der Waals surface area contributed by atoms with Gasteiger partial charge in [0.05, 0.1) is 5.02 Å². The average Bonchev–Trinajstić information content (AvgIpc) is 2.61. The second kappa shape index (κ2) is 9.31. The Labute approximate surface area is 161 Å². The molecule has 0 saturated carbocycles. The molecule has 2 aromatic carbocycles. The molecular formula is C18H18Cl2N2O4. The van der Waals surface area contributed by atoms with Crippen LogP contribution in [0.3, 0.4) is 0 Å². The second-order valence-electron chi connectivity index (χ2n) is 5.52. The zero-order chi connectivity index (χ0) is 19.1. The van der Waals surface area contributed by atoms with Crippen LogP contribution in [-0.4, -0.2) is 25.0 Å². The quantitative estimate of drug-likeness (QED) is 0.734. The van der Waals surface area contributed by atoms with Crippen LogP contribution in [0.25, 0.3) is 0 Å². The molecule has 0 aliphatic carbocycles. The molecule has 0 aliphatic heterocycles. The highest BCUT2D eigenvalue weighted by molar-refractivity contribution is 6.34. The van der Waals surface area contributed by atoms with Crippen LogP contribution in [-0.2, 0) is 9.59 Å². The summed E-state index contributed by atoms with van der Waals surface area (Å²) in [6, 6.07) is 10.4. The number of rotatable bonds is 6. The van der Waals surface area contributed by atoms with E-state index < -0.39 is 11.8 Å². The molecule has 26 heavy (non-hydrogen) atoms. The Bertz CT molecular complexity index is 744. The summed E-state index contributed by atoms with van der Waals surface area (Å²) in [6.45, 7) is 3.25. The molecular weight excluding hydrogens is 379 g/mol. The molecule has 0 radical (unpaired) electrons. The highest BCUT2D eigenvalue weighted by atomic mass is 35.5. The van der Waals surface area contributed by atoms with Gasteiger partial charge in [-0.3, -0.25) is 20.4 Å². The Morgan fingerprint density at radius 2 is 1.50 bits per heavy atom. The number of carbonyl (C=O) groups is 2. The minimum atomic E-state index is -0.555. The lowest BCUT2D eigenvalue weighted by molar-refractivity contribution is -0.131. The van der Waals surface area contributed by atoms with Crippen molar-refractivity contribution >= 4 is 35.0 Å². The van der Waals surface area contributed by atoms with E-state index in [2.05, 4.69) is 10.9 Å². The van der Waals surface area contributed by atoms with Crippen LogP contribution in [0.5, 0.6) is 11.5 Å². The van der Waals surface area contributed by atoms with Crippen molar-refractivity contribution in [3.05, 3.63) is 57.6 Å². The van der Waals surface area contributed by atoms with Gasteiger partial charge in [-0.2, -0.15) is 0 Å². The molecule has 138 valence electrons. The van der Waals surface area contributed by atoms with Gasteiger partial charge >= 0.3 is 0 Å². The van der Waals surface area contributed by atoms with E-state index in [4.69, 9.17) is 32.7 Å². The van der Waals surface area contributed by atoms with Crippen molar-refractivity contribution in [2.75, 3.05) is 13.2 Å². The number of benzene rings is 2. The summed E-state index contributed by atoms with van der Waals surface area (Å²) in [5, 5.41) is 0.759. The number of hydrogen-bond donors (Lipinski definition) is 2. The fraction of sp³-hybridized carbons (Fsp3) is 0.222. The summed E-state index contributed by atoms with van der Waals surface area (Å²) >= 11 is 11.8. The minimum Gasteiger partial charge on any atom is -0.483 e. The maximum atomic E-state index is 11.8. The van der Waals surface area contributed by atoms with Crippen LogP contribution in [0.1, 0.15) is 11.1 Å². The molecule has 2 amide bonds. The standard InChI is InChI=1S/C18H18Cl2N2O4/c1-11-3-4-12(2)15(7-11)25-9-17(23)21-22-18(24)10-26-16-8-13(19)5-6-14(16)20/h3-8H,9-10H2,1-2H3,(H,21,23)(H,22,24). The van der Waals surface area contributed by atoms with Gasteiger partial charge in [0, 0.05) is 11.1 Å². The van der Waals surface area contributed by atoms with Crippen molar-refractivity contribution in [3.8, 4) is 11.5 Å². The Kier molecular flexibility index (Phi) is 7.12. The third-order valence-corrected chi connectivity index (χ3v) is 3.84. The average molecular weight is 397 g/mol. The molecule has 0 aliphatic rings. The van der Waals surface area contributed by atoms with E-state index in [1.54, 1.807) is 12.1 Å². The van der Waals surface area contributed by atoms with E-state index in [-0.39, 0.29) is 19.0 Å². The molecule has 0 spiro atoms. The van der Waals surface area contributed by atoms with Gasteiger partial charge in [-0.15, -0.1) is 0 Å². The number of hydrazine groups is 1. The Morgan fingerprint density at radius 3 is 2.15 bits per heavy atom. The van der Waals surface area contributed by atoms with Gasteiger partial charge in [-0.05, 0) is 43.2 Å². The van der Waals surface area contributed by atoms with Gasteiger partial charge in [0.1, 0.15) is 11.5 Å². The predicted molar refractivity (Wildman–Crippen MR) is 99.7 cm³/mol. The first-order chi connectivity index (χ1) is 12.3. The Morgan fingerprint density at radius 1 is 0.885 bits per heavy atom. The van der Waals surface area contributed by atoms with Gasteiger partial charge in [0.15, 0.2) is 13.2 Å². The molecule has 0 bridgehead atoms. The summed E-state index contributed by atoms with van der Waals surface area (Å²) in [5.41, 5.74) is 6.42. The van der Waals surface area contributed by atoms with Crippen LogP contribution in [0, 0.1) is 13.8 Å².